The highest BCUT2D eigenvalue weighted by Crippen LogP contribution is 2.22. The molecule has 0 aromatic carbocycles. The van der Waals surface area contributed by atoms with Crippen LogP contribution in [0.1, 0.15) is 38.9 Å². The first kappa shape index (κ1) is 15.6. The van der Waals surface area contributed by atoms with E-state index in [1.165, 1.54) is 0 Å². The third-order valence-electron chi connectivity index (χ3n) is 4.34. The summed E-state index contributed by atoms with van der Waals surface area (Å²) < 4.78 is 1.92. The van der Waals surface area contributed by atoms with Crippen LogP contribution in [0.2, 0.25) is 0 Å². The van der Waals surface area contributed by atoms with Crippen LogP contribution in [0.15, 0.2) is 24.8 Å². The number of hydrogen-bond acceptors (Lipinski definition) is 4. The fraction of sp³-hybridized carbons (Fsp3) is 0.529. The molecule has 0 N–H and O–H groups in total. The van der Waals surface area contributed by atoms with Crippen molar-refractivity contribution < 1.29 is 4.79 Å². The van der Waals surface area contributed by atoms with Gasteiger partial charge in [0.25, 0.3) is 0 Å². The van der Waals surface area contributed by atoms with E-state index in [4.69, 9.17) is 4.98 Å². The fourth-order valence-electron chi connectivity index (χ4n) is 2.98. The third-order valence-corrected chi connectivity index (χ3v) is 4.34. The molecule has 3 rings (SSSR count). The van der Waals surface area contributed by atoms with E-state index >= 15 is 0 Å². The number of rotatable bonds is 4. The Bertz CT molecular complexity index is 694. The molecule has 1 atom stereocenters. The molecule has 1 fully saturated rings. The van der Waals surface area contributed by atoms with E-state index in [0.29, 0.717) is 12.0 Å². The van der Waals surface area contributed by atoms with Crippen molar-refractivity contribution in [1.82, 2.24) is 24.6 Å². The van der Waals surface area contributed by atoms with E-state index in [9.17, 15) is 4.79 Å². The Kier molecular flexibility index (Phi) is 4.41. The molecule has 1 aliphatic heterocycles. The molecule has 2 aromatic heterocycles. The van der Waals surface area contributed by atoms with Crippen molar-refractivity contribution in [3.8, 4) is 11.3 Å². The molecule has 0 radical (unpaired) electrons. The van der Waals surface area contributed by atoms with Crippen LogP contribution in [0.4, 0.5) is 0 Å². The monoisotopic (exact) mass is 313 g/mol. The van der Waals surface area contributed by atoms with Crippen LogP contribution in [0.3, 0.4) is 0 Å². The van der Waals surface area contributed by atoms with Crippen molar-refractivity contribution in [2.75, 3.05) is 13.1 Å². The Hall–Kier alpha value is -2.24. The first-order valence-electron chi connectivity index (χ1n) is 8.14. The van der Waals surface area contributed by atoms with Gasteiger partial charge in [-0.05, 0) is 32.6 Å². The second-order valence-electron chi connectivity index (χ2n) is 6.52. The van der Waals surface area contributed by atoms with Crippen molar-refractivity contribution >= 4 is 5.91 Å². The molecule has 0 spiro atoms. The fourth-order valence-corrected chi connectivity index (χ4v) is 2.98. The largest absolute Gasteiger partial charge is 0.343 e. The van der Waals surface area contributed by atoms with Gasteiger partial charge in [-0.3, -0.25) is 14.5 Å². The van der Waals surface area contributed by atoms with Crippen LogP contribution in [0, 0.1) is 5.92 Å². The maximum Gasteiger partial charge on any atom is 0.219 e. The Morgan fingerprint density at radius 3 is 2.83 bits per heavy atom. The lowest BCUT2D eigenvalue weighted by Gasteiger charge is -2.13. The van der Waals surface area contributed by atoms with E-state index in [1.54, 1.807) is 13.1 Å². The van der Waals surface area contributed by atoms with Crippen LogP contribution in [-0.2, 0) is 11.2 Å². The maximum absolute atomic E-state index is 11.4. The lowest BCUT2D eigenvalue weighted by Crippen LogP contribution is -2.26. The minimum atomic E-state index is 0.161. The minimum absolute atomic E-state index is 0.161. The maximum atomic E-state index is 11.4. The van der Waals surface area contributed by atoms with Gasteiger partial charge < -0.3 is 4.90 Å². The van der Waals surface area contributed by atoms with Gasteiger partial charge >= 0.3 is 0 Å². The smallest absolute Gasteiger partial charge is 0.219 e. The van der Waals surface area contributed by atoms with Crippen molar-refractivity contribution in [2.24, 2.45) is 5.92 Å². The molecular weight excluding hydrogens is 290 g/mol. The summed E-state index contributed by atoms with van der Waals surface area (Å²) in [4.78, 5) is 22.4. The zero-order chi connectivity index (χ0) is 16.4. The summed E-state index contributed by atoms with van der Waals surface area (Å²) in [6.07, 6.45) is 9.35. The van der Waals surface area contributed by atoms with Gasteiger partial charge in [0.2, 0.25) is 5.91 Å². The molecule has 3 heterocycles. The van der Waals surface area contributed by atoms with Gasteiger partial charge in [0.15, 0.2) is 0 Å². The summed E-state index contributed by atoms with van der Waals surface area (Å²) in [5.74, 6) is 0.635. The Morgan fingerprint density at radius 1 is 1.35 bits per heavy atom. The predicted molar refractivity (Wildman–Crippen MR) is 87.7 cm³/mol. The highest BCUT2D eigenvalue weighted by molar-refractivity contribution is 5.73. The summed E-state index contributed by atoms with van der Waals surface area (Å²) >= 11 is 0. The van der Waals surface area contributed by atoms with Crippen LogP contribution in [0.5, 0.6) is 0 Å². The summed E-state index contributed by atoms with van der Waals surface area (Å²) in [5, 5.41) is 4.36. The molecule has 6 nitrogen and oxygen atoms in total. The van der Waals surface area contributed by atoms with Crippen molar-refractivity contribution in [2.45, 2.75) is 39.7 Å². The van der Waals surface area contributed by atoms with Gasteiger partial charge in [-0.25, -0.2) is 4.98 Å². The number of hydrogen-bond donors (Lipinski definition) is 0. The second-order valence-corrected chi connectivity index (χ2v) is 6.52. The molecule has 0 saturated carbocycles. The average molecular weight is 313 g/mol. The van der Waals surface area contributed by atoms with E-state index in [2.05, 4.69) is 23.9 Å². The number of aromatic nitrogens is 4. The first-order valence-corrected chi connectivity index (χ1v) is 8.14. The molecule has 1 amide bonds. The Morgan fingerprint density at radius 2 is 2.17 bits per heavy atom. The molecule has 23 heavy (non-hydrogen) atoms. The quantitative estimate of drug-likeness (QED) is 0.869. The topological polar surface area (TPSA) is 63.9 Å². The van der Waals surface area contributed by atoms with Gasteiger partial charge in [-0.1, -0.05) is 0 Å². The van der Waals surface area contributed by atoms with E-state index in [1.807, 2.05) is 28.2 Å². The summed E-state index contributed by atoms with van der Waals surface area (Å²) in [5.41, 5.74) is 2.83. The van der Waals surface area contributed by atoms with Crippen LogP contribution < -0.4 is 0 Å². The summed E-state index contributed by atoms with van der Waals surface area (Å²) in [6, 6.07) is 0.330. The summed E-state index contributed by atoms with van der Waals surface area (Å²) in [6.45, 7) is 7.51. The molecule has 122 valence electrons. The lowest BCUT2D eigenvalue weighted by atomic mass is 10.0. The highest BCUT2D eigenvalue weighted by Gasteiger charge is 2.24. The second kappa shape index (κ2) is 6.48. The Balaban J connectivity index is 1.71. The van der Waals surface area contributed by atoms with Crippen LogP contribution in [-0.4, -0.2) is 43.6 Å². The predicted octanol–water partition coefficient (Wildman–Crippen LogP) is 2.33. The van der Waals surface area contributed by atoms with Gasteiger partial charge in [-0.2, -0.15) is 5.10 Å². The molecule has 1 saturated heterocycles. The zero-order valence-corrected chi connectivity index (χ0v) is 13.9. The number of carbonyl (C=O) groups is 1. The molecule has 1 unspecified atom stereocenters. The third kappa shape index (κ3) is 3.57. The molecule has 0 bridgehead atoms. The molecular formula is C17H23N5O. The van der Waals surface area contributed by atoms with Crippen molar-refractivity contribution in [3.63, 3.8) is 0 Å². The van der Waals surface area contributed by atoms with Gasteiger partial charge in [-0.15, -0.1) is 0 Å². The van der Waals surface area contributed by atoms with Crippen molar-refractivity contribution in [3.05, 3.63) is 30.5 Å². The molecule has 2 aromatic rings. The van der Waals surface area contributed by atoms with Gasteiger partial charge in [0.05, 0.1) is 23.8 Å². The van der Waals surface area contributed by atoms with E-state index in [-0.39, 0.29) is 5.91 Å². The molecule has 1 aliphatic rings. The number of nitrogens with zero attached hydrogens (tertiary/aromatic N) is 5. The summed E-state index contributed by atoms with van der Waals surface area (Å²) in [7, 11) is 0. The number of carbonyl (C=O) groups excluding carboxylic acids is 1. The highest BCUT2D eigenvalue weighted by atomic mass is 16.2. The lowest BCUT2D eigenvalue weighted by molar-refractivity contribution is -0.127. The van der Waals surface area contributed by atoms with Gasteiger partial charge in [0.1, 0.15) is 0 Å². The van der Waals surface area contributed by atoms with Crippen LogP contribution >= 0.6 is 0 Å². The Labute approximate surface area is 136 Å². The van der Waals surface area contributed by atoms with Crippen LogP contribution in [0.25, 0.3) is 11.3 Å². The van der Waals surface area contributed by atoms with Gasteiger partial charge in [0, 0.05) is 44.0 Å². The van der Waals surface area contributed by atoms with Crippen molar-refractivity contribution in [1.29, 1.82) is 0 Å². The molecule has 6 heteroatoms. The van der Waals surface area contributed by atoms with E-state index in [0.717, 1.165) is 42.9 Å². The zero-order valence-electron chi connectivity index (χ0n) is 13.9. The standard InChI is InChI=1S/C17H23N5O/c1-12(2)22-11-15(7-19-22)17-9-18-8-16(20-17)6-14-4-5-21(10-14)13(3)23/h7-9,11-12,14H,4-6,10H2,1-3H3. The first-order chi connectivity index (χ1) is 11.0. The number of likely N-dealkylation sites (tertiary alicyclic amines) is 1. The number of amides is 1. The normalized spacial score (nSPS) is 17.9. The average Bonchev–Trinajstić information content (AvgIpc) is 3.16. The SMILES string of the molecule is CC(=O)N1CCC(Cc2cncc(-c3cnn(C(C)C)c3)n2)C1. The van der Waals surface area contributed by atoms with E-state index < -0.39 is 0 Å². The molecule has 0 aliphatic carbocycles. The minimum Gasteiger partial charge on any atom is -0.343 e.